The molecule has 3 aromatic heterocycles. The smallest absolute Gasteiger partial charge is 0.137 e. The summed E-state index contributed by atoms with van der Waals surface area (Å²) in [4.78, 5) is 4.86. The molecule has 0 fully saturated rings. The Morgan fingerprint density at radius 1 is 0.739 bits per heavy atom. The van der Waals surface area contributed by atoms with Crippen molar-refractivity contribution in [2.24, 2.45) is 0 Å². The maximum Gasteiger partial charge on any atom is 0.137 e. The third kappa shape index (κ3) is 5.26. The molecule has 0 saturated carbocycles. The number of hydrogen-bond acceptors (Lipinski definition) is 3. The van der Waals surface area contributed by atoms with Crippen molar-refractivity contribution in [1.29, 1.82) is 0 Å². The lowest BCUT2D eigenvalue weighted by atomic mass is 9.88. The number of aryl methyl sites for hydroxylation is 3. The van der Waals surface area contributed by atoms with Crippen molar-refractivity contribution >= 4 is 21.8 Å². The number of hydrogen-bond donors (Lipinski definition) is 0. The minimum absolute atomic E-state index is 0.0102. The largest absolute Gasteiger partial charge is 0.457 e. The molecule has 5 heteroatoms. The number of fused-ring (bicyclic) bond motifs is 3. The summed E-state index contributed by atoms with van der Waals surface area (Å²) in [5.74, 6) is 2.45. The topological polar surface area (TPSA) is 44.9 Å². The lowest BCUT2D eigenvalue weighted by molar-refractivity contribution is 0.482. The molecular formula is C41H40N4O. The van der Waals surface area contributed by atoms with Crippen LogP contribution in [0, 0.1) is 20.8 Å². The number of nitrogens with zero attached hydrogens (tertiary/aromatic N) is 4. The van der Waals surface area contributed by atoms with Gasteiger partial charge in [-0.15, -0.1) is 0 Å². The minimum atomic E-state index is 0.0102. The Kier molecular flexibility index (Phi) is 7.28. The van der Waals surface area contributed by atoms with Crippen molar-refractivity contribution < 1.29 is 4.74 Å². The fourth-order valence-corrected chi connectivity index (χ4v) is 6.55. The second-order valence-electron chi connectivity index (χ2n) is 13.3. The van der Waals surface area contributed by atoms with E-state index in [1.165, 1.54) is 33.0 Å². The molecule has 0 aliphatic carbocycles. The first kappa shape index (κ1) is 29.5. The van der Waals surface area contributed by atoms with Crippen LogP contribution in [-0.2, 0) is 11.8 Å². The summed E-state index contributed by atoms with van der Waals surface area (Å²) < 4.78 is 10.9. The van der Waals surface area contributed by atoms with Gasteiger partial charge in [0.15, 0.2) is 0 Å². The SMILES string of the molecule is CCc1ccc2c(c1)c1ccc(Oc3cc(C)cc(-n4nc(C)c(-c5ccccc5)c4C)c3)cc1n2-c1cc(C(C)(C)C)ccn1. The van der Waals surface area contributed by atoms with E-state index in [4.69, 9.17) is 14.8 Å². The van der Waals surface area contributed by atoms with Gasteiger partial charge in [0.2, 0.25) is 0 Å². The van der Waals surface area contributed by atoms with Crippen LogP contribution >= 0.6 is 0 Å². The van der Waals surface area contributed by atoms with Crippen molar-refractivity contribution in [3.63, 3.8) is 0 Å². The van der Waals surface area contributed by atoms with E-state index in [1.54, 1.807) is 0 Å². The zero-order chi connectivity index (χ0) is 32.2. The zero-order valence-corrected chi connectivity index (χ0v) is 27.7. The number of ether oxygens (including phenoxy) is 1. The van der Waals surface area contributed by atoms with Gasteiger partial charge in [-0.3, -0.25) is 4.57 Å². The van der Waals surface area contributed by atoms with Gasteiger partial charge < -0.3 is 4.74 Å². The predicted molar refractivity (Wildman–Crippen MR) is 190 cm³/mol. The zero-order valence-electron chi connectivity index (χ0n) is 27.7. The summed E-state index contributed by atoms with van der Waals surface area (Å²) in [5.41, 5.74) is 11.3. The Hall–Kier alpha value is -5.16. The Morgan fingerprint density at radius 3 is 2.30 bits per heavy atom. The third-order valence-electron chi connectivity index (χ3n) is 8.92. The maximum absolute atomic E-state index is 6.63. The van der Waals surface area contributed by atoms with Crippen molar-refractivity contribution in [3.8, 4) is 34.1 Å². The van der Waals surface area contributed by atoms with E-state index in [0.29, 0.717) is 0 Å². The first-order chi connectivity index (χ1) is 22.1. The van der Waals surface area contributed by atoms with Crippen molar-refractivity contribution in [2.75, 3.05) is 0 Å². The highest BCUT2D eigenvalue weighted by Crippen LogP contribution is 2.37. The number of pyridine rings is 1. The molecule has 7 rings (SSSR count). The highest BCUT2D eigenvalue weighted by molar-refractivity contribution is 6.09. The monoisotopic (exact) mass is 604 g/mol. The molecule has 230 valence electrons. The van der Waals surface area contributed by atoms with E-state index in [9.17, 15) is 0 Å². The van der Waals surface area contributed by atoms with Gasteiger partial charge in [-0.05, 0) is 103 Å². The summed E-state index contributed by atoms with van der Waals surface area (Å²) in [6, 6.07) is 34.2. The van der Waals surface area contributed by atoms with Crippen LogP contribution in [0.3, 0.4) is 0 Å². The molecule has 0 aliphatic heterocycles. The van der Waals surface area contributed by atoms with Gasteiger partial charge in [0, 0.05) is 40.4 Å². The van der Waals surface area contributed by atoms with E-state index in [0.717, 1.165) is 57.4 Å². The van der Waals surface area contributed by atoms with E-state index in [-0.39, 0.29) is 5.41 Å². The van der Waals surface area contributed by atoms with Crippen LogP contribution in [0.5, 0.6) is 11.5 Å². The second kappa shape index (κ2) is 11.3. The van der Waals surface area contributed by atoms with E-state index >= 15 is 0 Å². The second-order valence-corrected chi connectivity index (χ2v) is 13.3. The first-order valence-corrected chi connectivity index (χ1v) is 16.1. The van der Waals surface area contributed by atoms with Crippen LogP contribution in [0.2, 0.25) is 0 Å². The summed E-state index contributed by atoms with van der Waals surface area (Å²) >= 11 is 0. The average molecular weight is 605 g/mol. The average Bonchev–Trinajstić information content (AvgIpc) is 3.52. The lowest BCUT2D eigenvalue weighted by Crippen LogP contribution is -2.12. The van der Waals surface area contributed by atoms with Gasteiger partial charge in [0.1, 0.15) is 17.3 Å². The molecular weight excluding hydrogens is 564 g/mol. The van der Waals surface area contributed by atoms with Gasteiger partial charge in [-0.1, -0.05) is 64.1 Å². The molecule has 0 bridgehead atoms. The fraction of sp³-hybridized carbons (Fsp3) is 0.220. The number of benzene rings is 4. The normalized spacial score (nSPS) is 11.9. The summed E-state index contributed by atoms with van der Waals surface area (Å²) in [6.07, 6.45) is 2.91. The van der Waals surface area contributed by atoms with Crippen molar-refractivity contribution in [1.82, 2.24) is 19.3 Å². The Bertz CT molecular complexity index is 2230. The molecule has 7 aromatic rings. The molecule has 3 heterocycles. The standard InChI is InChI=1S/C41H40N4O/c1-8-29-14-17-37-36(22-29)35-16-15-33(25-38(35)44(37)39-23-31(18-19-42-39)41(5,6)7)46-34-21-26(2)20-32(24-34)45-28(4)40(27(3)43-45)30-12-10-9-11-13-30/h9-25H,8H2,1-7H3. The molecule has 0 unspecified atom stereocenters. The quantitative estimate of drug-likeness (QED) is 0.190. The predicted octanol–water partition coefficient (Wildman–Crippen LogP) is 10.6. The molecule has 5 nitrogen and oxygen atoms in total. The van der Waals surface area contributed by atoms with Gasteiger partial charge in [-0.25, -0.2) is 9.67 Å². The summed E-state index contributed by atoms with van der Waals surface area (Å²) in [7, 11) is 0. The molecule has 0 aliphatic rings. The van der Waals surface area contributed by atoms with Crippen LogP contribution in [-0.4, -0.2) is 19.3 Å². The lowest BCUT2D eigenvalue weighted by Gasteiger charge is -2.20. The minimum Gasteiger partial charge on any atom is -0.457 e. The van der Waals surface area contributed by atoms with Crippen molar-refractivity contribution in [3.05, 3.63) is 131 Å². The van der Waals surface area contributed by atoms with Crippen molar-refractivity contribution in [2.45, 2.75) is 60.3 Å². The molecule has 0 spiro atoms. The van der Waals surface area contributed by atoms with Crippen LogP contribution in [0.25, 0.3) is 44.4 Å². The first-order valence-electron chi connectivity index (χ1n) is 16.1. The molecule has 0 N–H and O–H groups in total. The van der Waals surface area contributed by atoms with Crippen LogP contribution < -0.4 is 4.74 Å². The molecule has 46 heavy (non-hydrogen) atoms. The van der Waals surface area contributed by atoms with Gasteiger partial charge in [0.05, 0.1) is 22.4 Å². The van der Waals surface area contributed by atoms with E-state index < -0.39 is 0 Å². The van der Waals surface area contributed by atoms with E-state index in [2.05, 4.69) is 144 Å². The maximum atomic E-state index is 6.63. The molecule has 4 aromatic carbocycles. The number of aromatic nitrogens is 4. The molecule has 0 saturated heterocycles. The molecule has 0 atom stereocenters. The Morgan fingerprint density at radius 2 is 1.54 bits per heavy atom. The summed E-state index contributed by atoms with van der Waals surface area (Å²) in [5, 5.41) is 7.35. The van der Waals surface area contributed by atoms with Gasteiger partial charge in [-0.2, -0.15) is 5.10 Å². The van der Waals surface area contributed by atoms with Gasteiger partial charge in [0.25, 0.3) is 0 Å². The highest BCUT2D eigenvalue weighted by Gasteiger charge is 2.19. The van der Waals surface area contributed by atoms with Crippen LogP contribution in [0.4, 0.5) is 0 Å². The van der Waals surface area contributed by atoms with E-state index in [1.807, 2.05) is 16.9 Å². The van der Waals surface area contributed by atoms with Gasteiger partial charge >= 0.3 is 0 Å². The Balaban J connectivity index is 1.33. The molecule has 0 radical (unpaired) electrons. The summed E-state index contributed by atoms with van der Waals surface area (Å²) in [6.45, 7) is 15.2. The Labute approximate surface area is 271 Å². The highest BCUT2D eigenvalue weighted by atomic mass is 16.5. The molecule has 0 amide bonds. The third-order valence-corrected chi connectivity index (χ3v) is 8.92. The van der Waals surface area contributed by atoms with Crippen LogP contribution in [0.15, 0.2) is 103 Å². The fourth-order valence-electron chi connectivity index (χ4n) is 6.55. The number of rotatable bonds is 6. The van der Waals surface area contributed by atoms with Crippen LogP contribution in [0.1, 0.15) is 55.8 Å².